The Kier molecular flexibility index (Phi) is 4.90. The van der Waals surface area contributed by atoms with Gasteiger partial charge in [0.2, 0.25) is 0 Å². The minimum absolute atomic E-state index is 0.0371. The Morgan fingerprint density at radius 3 is 2.50 bits per heavy atom. The van der Waals surface area contributed by atoms with Crippen molar-refractivity contribution in [2.24, 2.45) is 0 Å². The number of carbonyl (C=O) groups excluding carboxylic acids is 1. The third-order valence-corrected chi connectivity index (χ3v) is 3.79. The topological polar surface area (TPSA) is 63.2 Å². The van der Waals surface area contributed by atoms with Gasteiger partial charge in [-0.2, -0.15) is 0 Å². The highest BCUT2D eigenvalue weighted by Gasteiger charge is 2.18. The van der Waals surface area contributed by atoms with Gasteiger partial charge in [-0.3, -0.25) is 4.79 Å². The van der Waals surface area contributed by atoms with Crippen LogP contribution < -0.4 is 5.32 Å². The number of amides is 1. The van der Waals surface area contributed by atoms with Gasteiger partial charge in [-0.15, -0.1) is 0 Å². The number of benzene rings is 1. The number of rotatable bonds is 5. The maximum Gasteiger partial charge on any atom is 0.252 e. The largest absolute Gasteiger partial charge is 0.350 e. The maximum absolute atomic E-state index is 12.0. The van der Waals surface area contributed by atoms with Crippen molar-refractivity contribution in [3.05, 3.63) is 29.8 Å². The van der Waals surface area contributed by atoms with E-state index < -0.39 is 9.84 Å². The van der Waals surface area contributed by atoms with Crippen LogP contribution in [-0.2, 0) is 9.84 Å². The van der Waals surface area contributed by atoms with Crippen molar-refractivity contribution in [3.63, 3.8) is 0 Å². The molecule has 1 aromatic carbocycles. The van der Waals surface area contributed by atoms with Crippen LogP contribution in [0, 0.1) is 0 Å². The van der Waals surface area contributed by atoms with Gasteiger partial charge in [0.1, 0.15) is 0 Å². The molecule has 1 N–H and O–H groups in total. The first-order chi connectivity index (χ1) is 8.36. The van der Waals surface area contributed by atoms with Gasteiger partial charge in [0, 0.05) is 12.3 Å². The lowest BCUT2D eigenvalue weighted by molar-refractivity contribution is 0.0935. The molecule has 18 heavy (non-hydrogen) atoms. The van der Waals surface area contributed by atoms with Gasteiger partial charge >= 0.3 is 0 Å². The highest BCUT2D eigenvalue weighted by atomic mass is 32.2. The van der Waals surface area contributed by atoms with E-state index in [1.54, 1.807) is 12.1 Å². The van der Waals surface area contributed by atoms with E-state index in [1.807, 2.05) is 13.8 Å². The van der Waals surface area contributed by atoms with Crippen LogP contribution in [0.2, 0.25) is 0 Å². The Bertz CT molecular complexity index is 523. The summed E-state index contributed by atoms with van der Waals surface area (Å²) in [4.78, 5) is 12.1. The molecule has 0 aromatic heterocycles. The van der Waals surface area contributed by atoms with Gasteiger partial charge in [0.05, 0.1) is 10.5 Å². The first-order valence-corrected chi connectivity index (χ1v) is 7.85. The first kappa shape index (κ1) is 14.7. The second-order valence-electron chi connectivity index (χ2n) is 4.43. The summed E-state index contributed by atoms with van der Waals surface area (Å²) in [6.07, 6.45) is 2.94. The number of sulfone groups is 1. The Labute approximate surface area is 108 Å². The number of nitrogens with one attached hydrogen (secondary N) is 1. The Morgan fingerprint density at radius 1 is 1.33 bits per heavy atom. The molecular weight excluding hydrogens is 250 g/mol. The zero-order valence-corrected chi connectivity index (χ0v) is 11.8. The molecule has 0 aliphatic rings. The lowest BCUT2D eigenvalue weighted by Gasteiger charge is -2.14. The number of hydrogen-bond donors (Lipinski definition) is 1. The second-order valence-corrected chi connectivity index (χ2v) is 6.42. The molecule has 0 saturated carbocycles. The zero-order valence-electron chi connectivity index (χ0n) is 10.9. The van der Waals surface area contributed by atoms with E-state index in [4.69, 9.17) is 0 Å². The Hall–Kier alpha value is -1.36. The molecule has 0 heterocycles. The smallest absolute Gasteiger partial charge is 0.252 e. The molecule has 0 unspecified atom stereocenters. The van der Waals surface area contributed by atoms with Crippen LogP contribution in [0.5, 0.6) is 0 Å². The summed E-state index contributed by atoms with van der Waals surface area (Å²) in [5.74, 6) is -0.336. The molecule has 0 fully saturated rings. The van der Waals surface area contributed by atoms with Crippen LogP contribution in [-0.4, -0.2) is 26.6 Å². The zero-order chi connectivity index (χ0) is 13.8. The van der Waals surface area contributed by atoms with E-state index in [-0.39, 0.29) is 22.4 Å². The summed E-state index contributed by atoms with van der Waals surface area (Å²) in [6, 6.07) is 6.30. The normalized spacial score (nSPS) is 13.1. The predicted octanol–water partition coefficient (Wildman–Crippen LogP) is 2.01. The van der Waals surface area contributed by atoms with Gasteiger partial charge in [-0.05, 0) is 25.5 Å². The molecule has 1 atom stereocenters. The summed E-state index contributed by atoms with van der Waals surface area (Å²) in [6.45, 7) is 3.94. The average molecular weight is 269 g/mol. The number of hydrogen-bond acceptors (Lipinski definition) is 3. The van der Waals surface area contributed by atoms with Crippen molar-refractivity contribution in [3.8, 4) is 0 Å². The Balaban J connectivity index is 3.00. The van der Waals surface area contributed by atoms with Gasteiger partial charge in [-0.1, -0.05) is 25.5 Å². The highest BCUT2D eigenvalue weighted by Crippen LogP contribution is 2.15. The van der Waals surface area contributed by atoms with Crippen LogP contribution >= 0.6 is 0 Å². The summed E-state index contributed by atoms with van der Waals surface area (Å²) in [5.41, 5.74) is 0.211. The van der Waals surface area contributed by atoms with Crippen LogP contribution in [0.3, 0.4) is 0 Å². The van der Waals surface area contributed by atoms with Crippen LogP contribution in [0.4, 0.5) is 0 Å². The molecule has 1 aromatic rings. The summed E-state index contributed by atoms with van der Waals surface area (Å²) in [7, 11) is -3.39. The fourth-order valence-corrected chi connectivity index (χ4v) is 2.67. The lowest BCUT2D eigenvalue weighted by atomic mass is 10.1. The van der Waals surface area contributed by atoms with Gasteiger partial charge < -0.3 is 5.32 Å². The van der Waals surface area contributed by atoms with Crippen LogP contribution in [0.15, 0.2) is 29.2 Å². The number of carbonyl (C=O) groups is 1. The highest BCUT2D eigenvalue weighted by molar-refractivity contribution is 7.90. The van der Waals surface area contributed by atoms with Crippen LogP contribution in [0.1, 0.15) is 37.0 Å². The third kappa shape index (κ3) is 3.84. The molecule has 1 rings (SSSR count). The fourth-order valence-electron chi connectivity index (χ4n) is 1.78. The monoisotopic (exact) mass is 269 g/mol. The van der Waals surface area contributed by atoms with E-state index in [1.165, 1.54) is 12.1 Å². The second kappa shape index (κ2) is 6.00. The Morgan fingerprint density at radius 2 is 1.94 bits per heavy atom. The summed E-state index contributed by atoms with van der Waals surface area (Å²) < 4.78 is 23.2. The SMILES string of the molecule is CCC[C@@H](C)NC(=O)c1ccccc1S(C)(=O)=O. The first-order valence-electron chi connectivity index (χ1n) is 5.96. The minimum atomic E-state index is -3.39. The van der Waals surface area contributed by atoms with E-state index in [2.05, 4.69) is 5.32 Å². The van der Waals surface area contributed by atoms with Gasteiger partial charge in [0.15, 0.2) is 9.84 Å². The summed E-state index contributed by atoms with van der Waals surface area (Å²) >= 11 is 0. The molecule has 1 amide bonds. The van der Waals surface area contributed by atoms with Crippen LogP contribution in [0.25, 0.3) is 0 Å². The molecule has 100 valence electrons. The maximum atomic E-state index is 12.0. The average Bonchev–Trinajstić information content (AvgIpc) is 2.28. The van der Waals surface area contributed by atoms with Crippen molar-refractivity contribution >= 4 is 15.7 Å². The molecule has 0 aliphatic carbocycles. The van der Waals surface area contributed by atoms with Crippen molar-refractivity contribution in [2.75, 3.05) is 6.26 Å². The molecular formula is C13H19NO3S. The fraction of sp³-hybridized carbons (Fsp3) is 0.462. The summed E-state index contributed by atoms with van der Waals surface area (Å²) in [5, 5.41) is 2.81. The van der Waals surface area contributed by atoms with E-state index in [9.17, 15) is 13.2 Å². The molecule has 0 saturated heterocycles. The third-order valence-electron chi connectivity index (χ3n) is 2.63. The van der Waals surface area contributed by atoms with E-state index >= 15 is 0 Å². The molecule has 0 bridgehead atoms. The predicted molar refractivity (Wildman–Crippen MR) is 71.4 cm³/mol. The molecule has 0 radical (unpaired) electrons. The van der Waals surface area contributed by atoms with Crippen molar-refractivity contribution in [1.29, 1.82) is 0 Å². The standard InChI is InChI=1S/C13H19NO3S/c1-4-7-10(2)14-13(15)11-8-5-6-9-12(11)18(3,16)17/h5-6,8-10H,4,7H2,1-3H3,(H,14,15)/t10-/m1/s1. The minimum Gasteiger partial charge on any atom is -0.350 e. The van der Waals surface area contributed by atoms with Crippen molar-refractivity contribution in [2.45, 2.75) is 37.6 Å². The van der Waals surface area contributed by atoms with Gasteiger partial charge in [-0.25, -0.2) is 8.42 Å². The van der Waals surface area contributed by atoms with Gasteiger partial charge in [0.25, 0.3) is 5.91 Å². The van der Waals surface area contributed by atoms with Crippen molar-refractivity contribution in [1.82, 2.24) is 5.32 Å². The molecule has 5 heteroatoms. The lowest BCUT2D eigenvalue weighted by Crippen LogP contribution is -2.33. The molecule has 0 aliphatic heterocycles. The quantitative estimate of drug-likeness (QED) is 0.889. The van der Waals surface area contributed by atoms with Crippen molar-refractivity contribution < 1.29 is 13.2 Å². The van der Waals surface area contributed by atoms with E-state index in [0.717, 1.165) is 19.1 Å². The molecule has 0 spiro atoms. The molecule has 4 nitrogen and oxygen atoms in total. The van der Waals surface area contributed by atoms with E-state index in [0.29, 0.717) is 0 Å².